The Balaban J connectivity index is 1.85. The second kappa shape index (κ2) is 9.49. The van der Waals surface area contributed by atoms with E-state index in [2.05, 4.69) is 15.6 Å². The number of hydrogen-bond acceptors (Lipinski definition) is 2. The summed E-state index contributed by atoms with van der Waals surface area (Å²) < 4.78 is 75.1. The first-order valence-corrected chi connectivity index (χ1v) is 9.04. The van der Waals surface area contributed by atoms with E-state index in [4.69, 9.17) is 0 Å². The van der Waals surface area contributed by atoms with Crippen LogP contribution >= 0.6 is 0 Å². The second-order valence-corrected chi connectivity index (χ2v) is 6.78. The lowest BCUT2D eigenvalue weighted by atomic mass is 10.1. The zero-order chi connectivity index (χ0) is 20.8. The maximum Gasteiger partial charge on any atom is 0.416 e. The van der Waals surface area contributed by atoms with Gasteiger partial charge < -0.3 is 10.6 Å². The maximum atomic E-state index is 12.6. The van der Waals surface area contributed by atoms with E-state index >= 15 is 0 Å². The number of benzene rings is 1. The van der Waals surface area contributed by atoms with Crippen LogP contribution in [0.3, 0.4) is 0 Å². The Morgan fingerprint density at radius 2 is 1.79 bits per heavy atom. The Labute approximate surface area is 160 Å². The van der Waals surface area contributed by atoms with Gasteiger partial charge in [-0.25, -0.2) is 4.99 Å². The summed E-state index contributed by atoms with van der Waals surface area (Å²) in [6.45, 7) is 3.01. The molecule has 1 heterocycles. The molecule has 0 radical (unpaired) electrons. The van der Waals surface area contributed by atoms with Crippen molar-refractivity contribution in [3.05, 3.63) is 35.4 Å². The highest BCUT2D eigenvalue weighted by atomic mass is 19.4. The van der Waals surface area contributed by atoms with Crippen LogP contribution in [0.2, 0.25) is 0 Å². The lowest BCUT2D eigenvalue weighted by molar-refractivity contribution is -0.143. The summed E-state index contributed by atoms with van der Waals surface area (Å²) in [5.41, 5.74) is -0.0858. The van der Waals surface area contributed by atoms with E-state index < -0.39 is 24.5 Å². The molecular weight excluding hydrogens is 386 g/mol. The SMILES string of the molecule is CCNC(=NCc1ccc(C(F)(F)F)cc1)NCC1CCN(CC(F)(F)F)C1. The van der Waals surface area contributed by atoms with Gasteiger partial charge >= 0.3 is 12.4 Å². The molecule has 158 valence electrons. The van der Waals surface area contributed by atoms with Crippen molar-refractivity contribution in [3.63, 3.8) is 0 Å². The summed E-state index contributed by atoms with van der Waals surface area (Å²) in [5.74, 6) is 0.564. The molecule has 0 aromatic heterocycles. The first-order chi connectivity index (χ1) is 13.1. The van der Waals surface area contributed by atoms with Crippen molar-refractivity contribution in [2.24, 2.45) is 10.9 Å². The standard InChI is InChI=1S/C18H24F6N4/c1-2-25-16(26-9-13-3-5-15(6-4-13)18(22,23)24)27-10-14-7-8-28(11-14)12-17(19,20)21/h3-6,14H,2,7-12H2,1H3,(H2,25,26,27). The van der Waals surface area contributed by atoms with Crippen LogP contribution in [-0.4, -0.2) is 49.8 Å². The number of likely N-dealkylation sites (tertiary alicyclic amines) is 1. The first-order valence-electron chi connectivity index (χ1n) is 9.04. The summed E-state index contributed by atoms with van der Waals surface area (Å²) in [6, 6.07) is 4.78. The zero-order valence-corrected chi connectivity index (χ0v) is 15.5. The van der Waals surface area contributed by atoms with Crippen molar-refractivity contribution >= 4 is 5.96 Å². The van der Waals surface area contributed by atoms with Crippen molar-refractivity contribution in [1.82, 2.24) is 15.5 Å². The van der Waals surface area contributed by atoms with Crippen molar-refractivity contribution in [2.75, 3.05) is 32.7 Å². The van der Waals surface area contributed by atoms with E-state index in [-0.39, 0.29) is 12.5 Å². The summed E-state index contributed by atoms with van der Waals surface area (Å²) in [7, 11) is 0. The summed E-state index contributed by atoms with van der Waals surface area (Å²) >= 11 is 0. The molecule has 0 saturated carbocycles. The lowest BCUT2D eigenvalue weighted by Gasteiger charge is -2.18. The van der Waals surface area contributed by atoms with Crippen LogP contribution in [0.4, 0.5) is 26.3 Å². The minimum Gasteiger partial charge on any atom is -0.357 e. The van der Waals surface area contributed by atoms with Crippen molar-refractivity contribution in [2.45, 2.75) is 32.2 Å². The van der Waals surface area contributed by atoms with Gasteiger partial charge in [-0.3, -0.25) is 4.90 Å². The second-order valence-electron chi connectivity index (χ2n) is 6.78. The Morgan fingerprint density at radius 3 is 2.36 bits per heavy atom. The van der Waals surface area contributed by atoms with Crippen LogP contribution in [0, 0.1) is 5.92 Å². The molecular formula is C18H24F6N4. The number of guanidine groups is 1. The fourth-order valence-electron chi connectivity index (χ4n) is 3.03. The van der Waals surface area contributed by atoms with E-state index in [1.54, 1.807) is 0 Å². The van der Waals surface area contributed by atoms with E-state index in [1.165, 1.54) is 17.0 Å². The summed E-state index contributed by atoms with van der Waals surface area (Å²) in [6.07, 6.45) is -7.90. The number of nitrogens with one attached hydrogen (secondary N) is 2. The molecule has 1 aromatic rings. The van der Waals surface area contributed by atoms with Gasteiger partial charge in [-0.1, -0.05) is 12.1 Å². The molecule has 1 fully saturated rings. The van der Waals surface area contributed by atoms with Gasteiger partial charge in [0.05, 0.1) is 18.7 Å². The number of hydrogen-bond donors (Lipinski definition) is 2. The average molecular weight is 410 g/mol. The average Bonchev–Trinajstić information content (AvgIpc) is 3.02. The number of aliphatic imine (C=N–C) groups is 1. The minimum absolute atomic E-state index is 0.0808. The highest BCUT2D eigenvalue weighted by Gasteiger charge is 2.34. The predicted molar refractivity (Wildman–Crippen MR) is 94.9 cm³/mol. The molecule has 1 saturated heterocycles. The number of halogens is 6. The van der Waals surface area contributed by atoms with Gasteiger partial charge in [-0.05, 0) is 43.5 Å². The van der Waals surface area contributed by atoms with E-state index in [0.29, 0.717) is 44.1 Å². The molecule has 1 unspecified atom stereocenters. The predicted octanol–water partition coefficient (Wildman–Crippen LogP) is 3.64. The number of nitrogens with zero attached hydrogens (tertiary/aromatic N) is 2. The molecule has 1 atom stereocenters. The fraction of sp³-hybridized carbons (Fsp3) is 0.611. The van der Waals surface area contributed by atoms with Gasteiger partial charge in [0.1, 0.15) is 0 Å². The number of rotatable bonds is 6. The van der Waals surface area contributed by atoms with E-state index in [9.17, 15) is 26.3 Å². The molecule has 1 aliphatic heterocycles. The first kappa shape index (κ1) is 22.3. The van der Waals surface area contributed by atoms with Crippen LogP contribution in [0.15, 0.2) is 29.3 Å². The third kappa shape index (κ3) is 7.57. The van der Waals surface area contributed by atoms with Crippen LogP contribution in [0.1, 0.15) is 24.5 Å². The zero-order valence-electron chi connectivity index (χ0n) is 15.5. The van der Waals surface area contributed by atoms with Gasteiger partial charge in [0, 0.05) is 19.6 Å². The Morgan fingerprint density at radius 1 is 1.11 bits per heavy atom. The van der Waals surface area contributed by atoms with Gasteiger partial charge in [-0.2, -0.15) is 26.3 Å². The largest absolute Gasteiger partial charge is 0.416 e. The molecule has 2 N–H and O–H groups in total. The Bertz CT molecular complexity index is 639. The quantitative estimate of drug-likeness (QED) is 0.427. The summed E-state index contributed by atoms with van der Waals surface area (Å²) in [4.78, 5) is 5.72. The normalized spacial score (nSPS) is 19.1. The fourth-order valence-corrected chi connectivity index (χ4v) is 3.03. The molecule has 2 rings (SSSR count). The van der Waals surface area contributed by atoms with Crippen molar-refractivity contribution in [3.8, 4) is 0 Å². The van der Waals surface area contributed by atoms with Gasteiger partial charge in [0.25, 0.3) is 0 Å². The highest BCUT2D eigenvalue weighted by Crippen LogP contribution is 2.29. The highest BCUT2D eigenvalue weighted by molar-refractivity contribution is 5.79. The third-order valence-electron chi connectivity index (χ3n) is 4.38. The Kier molecular flexibility index (Phi) is 7.56. The molecule has 1 aromatic carbocycles. The lowest BCUT2D eigenvalue weighted by Crippen LogP contribution is -2.40. The number of alkyl halides is 6. The molecule has 0 spiro atoms. The molecule has 0 bridgehead atoms. The molecule has 10 heteroatoms. The van der Waals surface area contributed by atoms with Crippen LogP contribution in [0.25, 0.3) is 0 Å². The molecule has 0 amide bonds. The molecule has 4 nitrogen and oxygen atoms in total. The molecule has 0 aliphatic carbocycles. The molecule has 28 heavy (non-hydrogen) atoms. The van der Waals surface area contributed by atoms with Gasteiger partial charge in [0.15, 0.2) is 5.96 Å². The Hall–Kier alpha value is -1.97. The minimum atomic E-state index is -4.38. The van der Waals surface area contributed by atoms with Gasteiger partial charge in [-0.15, -0.1) is 0 Å². The van der Waals surface area contributed by atoms with E-state index in [0.717, 1.165) is 12.1 Å². The smallest absolute Gasteiger partial charge is 0.357 e. The monoisotopic (exact) mass is 410 g/mol. The van der Waals surface area contributed by atoms with Gasteiger partial charge in [0.2, 0.25) is 0 Å². The summed E-state index contributed by atoms with van der Waals surface area (Å²) in [5, 5.41) is 6.13. The third-order valence-corrected chi connectivity index (χ3v) is 4.38. The maximum absolute atomic E-state index is 12.6. The van der Waals surface area contributed by atoms with Crippen molar-refractivity contribution < 1.29 is 26.3 Å². The molecule has 1 aliphatic rings. The van der Waals surface area contributed by atoms with E-state index in [1.807, 2.05) is 6.92 Å². The van der Waals surface area contributed by atoms with Crippen molar-refractivity contribution in [1.29, 1.82) is 0 Å². The van der Waals surface area contributed by atoms with Crippen LogP contribution < -0.4 is 10.6 Å². The van der Waals surface area contributed by atoms with Crippen LogP contribution in [0.5, 0.6) is 0 Å². The van der Waals surface area contributed by atoms with Crippen LogP contribution in [-0.2, 0) is 12.7 Å². The topological polar surface area (TPSA) is 39.7 Å².